The second-order valence-corrected chi connectivity index (χ2v) is 2.29. The number of hydrogen-bond donors (Lipinski definition) is 1. The highest BCUT2D eigenvalue weighted by Gasteiger charge is 1.99. The van der Waals surface area contributed by atoms with Gasteiger partial charge in [0.15, 0.2) is 0 Å². The Bertz CT molecular complexity index is 59.0. The molecule has 3 heteroatoms. The molecule has 0 aromatic carbocycles. The van der Waals surface area contributed by atoms with E-state index in [9.17, 15) is 0 Å². The molecule has 0 aliphatic rings. The molecule has 1 atom stereocenters. The first-order valence-corrected chi connectivity index (χ1v) is 3.68. The molecule has 0 aliphatic carbocycles. The maximum Gasteiger partial charge on any atom is 0.132 e. The van der Waals surface area contributed by atoms with Gasteiger partial charge in [0.05, 0.1) is 0 Å². The third kappa shape index (κ3) is 5.97. The molecule has 50 valence electrons. The van der Waals surface area contributed by atoms with Crippen LogP contribution in [0.25, 0.3) is 0 Å². The fraction of sp³-hybridized carbons (Fsp3) is 1.00. The number of hydrogen-bond acceptors (Lipinski definition) is 1. The van der Waals surface area contributed by atoms with E-state index in [1.54, 1.807) is 0 Å². The summed E-state index contributed by atoms with van der Waals surface area (Å²) in [6, 6.07) is 0. The molecule has 0 aromatic heterocycles. The molecule has 0 fully saturated rings. The molecule has 0 bridgehead atoms. The van der Waals surface area contributed by atoms with Crippen molar-refractivity contribution in [2.24, 2.45) is 5.73 Å². The van der Waals surface area contributed by atoms with Crippen LogP contribution in [0.2, 0.25) is 19.5 Å². The monoisotopic (exact) mass is 123 g/mol. The van der Waals surface area contributed by atoms with Crippen LogP contribution in [-0.2, 0) is 0 Å². The molecule has 0 heterocycles. The maximum absolute atomic E-state index is 5.69. The van der Waals surface area contributed by atoms with Crippen LogP contribution in [0.4, 0.5) is 0 Å². The fourth-order valence-electron chi connectivity index (χ4n) is 0.780. The molecule has 0 unspecified atom stereocenters. The first kappa shape index (κ1) is 9.09. The Balaban J connectivity index is 2.95. The van der Waals surface area contributed by atoms with Crippen LogP contribution >= 0.6 is 0 Å². The van der Waals surface area contributed by atoms with E-state index in [4.69, 9.17) is 5.73 Å². The van der Waals surface area contributed by atoms with Crippen molar-refractivity contribution in [3.05, 3.63) is 0 Å². The summed E-state index contributed by atoms with van der Waals surface area (Å²) in [7, 11) is 4.31. The fourth-order valence-corrected chi connectivity index (χ4v) is 0.780. The summed E-state index contributed by atoms with van der Waals surface area (Å²) in [6.07, 6.45) is 3.33. The SMILES string of the molecule is C[B]CC[C@H](N)[B]CC. The van der Waals surface area contributed by atoms with Gasteiger partial charge in [-0.1, -0.05) is 32.8 Å². The lowest BCUT2D eigenvalue weighted by atomic mass is 9.63. The molecule has 9 heavy (non-hydrogen) atoms. The Labute approximate surface area is 59.9 Å². The molecule has 2 N–H and O–H groups in total. The van der Waals surface area contributed by atoms with Gasteiger partial charge in [-0.2, -0.15) is 0 Å². The zero-order chi connectivity index (χ0) is 7.11. The van der Waals surface area contributed by atoms with E-state index >= 15 is 0 Å². The van der Waals surface area contributed by atoms with Gasteiger partial charge in [0.1, 0.15) is 14.6 Å². The maximum atomic E-state index is 5.69. The van der Waals surface area contributed by atoms with E-state index in [2.05, 4.69) is 28.3 Å². The van der Waals surface area contributed by atoms with E-state index in [1.165, 1.54) is 0 Å². The molecule has 2 radical (unpaired) electrons. The lowest BCUT2D eigenvalue weighted by molar-refractivity contribution is 0.837. The van der Waals surface area contributed by atoms with Crippen molar-refractivity contribution in [3.8, 4) is 0 Å². The van der Waals surface area contributed by atoms with E-state index in [0.29, 0.717) is 5.94 Å². The number of nitrogens with two attached hydrogens (primary N) is 1. The van der Waals surface area contributed by atoms with E-state index in [0.717, 1.165) is 19.1 Å². The van der Waals surface area contributed by atoms with Gasteiger partial charge in [-0.25, -0.2) is 0 Å². The zero-order valence-electron chi connectivity index (χ0n) is 6.43. The van der Waals surface area contributed by atoms with Gasteiger partial charge < -0.3 is 5.73 Å². The summed E-state index contributed by atoms with van der Waals surface area (Å²) in [5.41, 5.74) is 5.69. The molecular weight excluding hydrogens is 108 g/mol. The third-order valence-corrected chi connectivity index (χ3v) is 1.33. The van der Waals surface area contributed by atoms with Crippen molar-refractivity contribution in [1.82, 2.24) is 0 Å². The first-order valence-electron chi connectivity index (χ1n) is 3.68. The average molecular weight is 123 g/mol. The van der Waals surface area contributed by atoms with Crippen LogP contribution in [0.5, 0.6) is 0 Å². The van der Waals surface area contributed by atoms with Gasteiger partial charge in [-0.05, 0) is 5.94 Å². The average Bonchev–Trinajstić information content (AvgIpc) is 1.85. The lowest BCUT2D eigenvalue weighted by Gasteiger charge is -2.06. The van der Waals surface area contributed by atoms with Gasteiger partial charge >= 0.3 is 0 Å². The van der Waals surface area contributed by atoms with Gasteiger partial charge in [-0.15, -0.1) is 0 Å². The Morgan fingerprint density at radius 1 is 1.56 bits per heavy atom. The van der Waals surface area contributed by atoms with Crippen molar-refractivity contribution in [2.45, 2.75) is 38.7 Å². The molecule has 0 rings (SSSR count). The molecule has 0 spiro atoms. The Morgan fingerprint density at radius 2 is 2.22 bits per heavy atom. The number of rotatable bonds is 5. The van der Waals surface area contributed by atoms with Gasteiger partial charge in [0.25, 0.3) is 0 Å². The van der Waals surface area contributed by atoms with Crippen molar-refractivity contribution in [1.29, 1.82) is 0 Å². The molecule has 0 saturated carbocycles. The quantitative estimate of drug-likeness (QED) is 0.541. The minimum Gasteiger partial charge on any atom is -0.335 e. The Hall–Kier alpha value is 0.0899. The Morgan fingerprint density at radius 3 is 2.67 bits per heavy atom. The van der Waals surface area contributed by atoms with Crippen molar-refractivity contribution < 1.29 is 0 Å². The second-order valence-electron chi connectivity index (χ2n) is 2.29. The lowest BCUT2D eigenvalue weighted by Crippen LogP contribution is -2.26. The molecule has 0 saturated heterocycles. The summed E-state index contributed by atoms with van der Waals surface area (Å²) in [4.78, 5) is 0. The predicted octanol–water partition coefficient (Wildman–Crippen LogP) is 0.974. The molecular formula is C6H15B2N. The first-order chi connectivity index (χ1) is 4.31. The summed E-state index contributed by atoms with van der Waals surface area (Å²) < 4.78 is 0. The van der Waals surface area contributed by atoms with Gasteiger partial charge in [0, 0.05) is 0 Å². The molecule has 0 aromatic rings. The third-order valence-electron chi connectivity index (χ3n) is 1.33. The molecule has 0 amide bonds. The highest BCUT2D eigenvalue weighted by Crippen LogP contribution is 1.93. The van der Waals surface area contributed by atoms with Crippen LogP contribution in [-0.4, -0.2) is 20.5 Å². The largest absolute Gasteiger partial charge is 0.335 e. The normalized spacial score (nSPS) is 12.8. The Kier molecular flexibility index (Phi) is 6.28. The van der Waals surface area contributed by atoms with Crippen LogP contribution in [0.3, 0.4) is 0 Å². The highest BCUT2D eigenvalue weighted by molar-refractivity contribution is 6.38. The van der Waals surface area contributed by atoms with Crippen molar-refractivity contribution in [2.75, 3.05) is 0 Å². The summed E-state index contributed by atoms with van der Waals surface area (Å²) in [6.45, 7) is 4.19. The summed E-state index contributed by atoms with van der Waals surface area (Å²) >= 11 is 0. The zero-order valence-corrected chi connectivity index (χ0v) is 6.43. The standard InChI is InChI=1S/C6H15B2N/c1-3-8-6(9)4-5-7-2/h6H,3-5,9H2,1-2H3/t6-/m0/s1. The van der Waals surface area contributed by atoms with Crippen LogP contribution in [0.1, 0.15) is 13.3 Å². The molecule has 0 aliphatic heterocycles. The van der Waals surface area contributed by atoms with Crippen molar-refractivity contribution >= 4 is 14.6 Å². The van der Waals surface area contributed by atoms with Crippen LogP contribution in [0.15, 0.2) is 0 Å². The topological polar surface area (TPSA) is 26.0 Å². The minimum absolute atomic E-state index is 0.311. The van der Waals surface area contributed by atoms with E-state index in [1.807, 2.05) is 0 Å². The highest BCUT2D eigenvalue weighted by atomic mass is 14.6. The minimum atomic E-state index is 0.311. The van der Waals surface area contributed by atoms with Crippen LogP contribution < -0.4 is 5.73 Å². The van der Waals surface area contributed by atoms with E-state index < -0.39 is 0 Å². The second kappa shape index (κ2) is 6.21. The van der Waals surface area contributed by atoms with Gasteiger partial charge in [0.2, 0.25) is 0 Å². The smallest absolute Gasteiger partial charge is 0.132 e. The van der Waals surface area contributed by atoms with Crippen LogP contribution in [0, 0.1) is 0 Å². The van der Waals surface area contributed by atoms with Crippen molar-refractivity contribution in [3.63, 3.8) is 0 Å². The summed E-state index contributed by atoms with van der Waals surface area (Å²) in [5.74, 6) is 0.311. The summed E-state index contributed by atoms with van der Waals surface area (Å²) in [5, 5.41) is 0. The molecule has 1 nitrogen and oxygen atoms in total. The predicted molar refractivity (Wildman–Crippen MR) is 45.3 cm³/mol. The van der Waals surface area contributed by atoms with Gasteiger partial charge in [-0.3, -0.25) is 0 Å². The van der Waals surface area contributed by atoms with E-state index in [-0.39, 0.29) is 0 Å².